The third-order valence-electron chi connectivity index (χ3n) is 2.76. The Morgan fingerprint density at radius 3 is 2.58 bits per heavy atom. The van der Waals surface area contributed by atoms with Crippen molar-refractivity contribution in [1.29, 1.82) is 0 Å². The van der Waals surface area contributed by atoms with Crippen LogP contribution in [-0.2, 0) is 12.7 Å². The molecule has 0 bridgehead atoms. The second kappa shape index (κ2) is 4.87. The van der Waals surface area contributed by atoms with Gasteiger partial charge in [-0.1, -0.05) is 0 Å². The number of hydrogen-bond acceptors (Lipinski definition) is 3. The third kappa shape index (κ3) is 3.01. The van der Waals surface area contributed by atoms with Crippen LogP contribution in [0.5, 0.6) is 0 Å². The highest BCUT2D eigenvalue weighted by molar-refractivity contribution is 5.59. The summed E-state index contributed by atoms with van der Waals surface area (Å²) < 4.78 is 43.4. The Labute approximate surface area is 108 Å². The lowest BCUT2D eigenvalue weighted by Crippen LogP contribution is -2.17. The molecule has 102 valence electrons. The zero-order valence-electron chi connectivity index (χ0n) is 10.2. The first-order valence-electron chi connectivity index (χ1n) is 5.58. The molecular weight excluding hydrogens is 257 g/mol. The Bertz CT molecular complexity index is 550. The molecule has 1 heterocycles. The monoisotopic (exact) mass is 270 g/mol. The molecule has 0 radical (unpaired) electrons. The van der Waals surface area contributed by atoms with E-state index in [0.717, 1.165) is 6.07 Å². The van der Waals surface area contributed by atoms with Gasteiger partial charge in [0.05, 0.1) is 18.4 Å². The fraction of sp³-hybridized carbons (Fsp3) is 0.231. The Hall–Kier alpha value is -2.11. The molecule has 1 aromatic carbocycles. The predicted molar refractivity (Wildman–Crippen MR) is 66.7 cm³/mol. The highest BCUT2D eigenvalue weighted by Gasteiger charge is 2.33. The van der Waals surface area contributed by atoms with Crippen LogP contribution in [0.1, 0.15) is 11.3 Å². The molecule has 0 fully saturated rings. The molecule has 0 aliphatic heterocycles. The summed E-state index contributed by atoms with van der Waals surface area (Å²) in [6.07, 6.45) is -2.93. The molecule has 0 atom stereocenters. The number of rotatable bonds is 3. The van der Waals surface area contributed by atoms with E-state index in [4.69, 9.17) is 10.2 Å². The van der Waals surface area contributed by atoms with E-state index in [1.54, 1.807) is 30.1 Å². The first kappa shape index (κ1) is 13.3. The van der Waals surface area contributed by atoms with Gasteiger partial charge in [0.2, 0.25) is 0 Å². The van der Waals surface area contributed by atoms with Crippen molar-refractivity contribution < 1.29 is 17.6 Å². The Morgan fingerprint density at radius 1 is 1.26 bits per heavy atom. The normalized spacial score (nSPS) is 11.6. The van der Waals surface area contributed by atoms with Gasteiger partial charge < -0.3 is 15.1 Å². The number of nitrogen functional groups attached to an aromatic ring is 1. The van der Waals surface area contributed by atoms with Crippen LogP contribution < -0.4 is 10.6 Å². The fourth-order valence-electron chi connectivity index (χ4n) is 1.75. The molecular formula is C13H13F3N2O. The molecule has 0 aliphatic carbocycles. The van der Waals surface area contributed by atoms with Crippen molar-refractivity contribution in [3.63, 3.8) is 0 Å². The largest absolute Gasteiger partial charge is 0.467 e. The van der Waals surface area contributed by atoms with Gasteiger partial charge in [0.1, 0.15) is 5.76 Å². The summed E-state index contributed by atoms with van der Waals surface area (Å²) in [6, 6.07) is 7.34. The zero-order valence-corrected chi connectivity index (χ0v) is 10.2. The molecule has 0 unspecified atom stereocenters. The van der Waals surface area contributed by atoms with Crippen molar-refractivity contribution in [2.24, 2.45) is 0 Å². The third-order valence-corrected chi connectivity index (χ3v) is 2.76. The average molecular weight is 270 g/mol. The number of benzene rings is 1. The average Bonchev–Trinajstić information content (AvgIpc) is 2.80. The van der Waals surface area contributed by atoms with E-state index in [2.05, 4.69) is 0 Å². The van der Waals surface area contributed by atoms with Gasteiger partial charge in [-0.3, -0.25) is 0 Å². The van der Waals surface area contributed by atoms with Gasteiger partial charge in [-0.05, 0) is 30.3 Å². The van der Waals surface area contributed by atoms with Crippen LogP contribution in [-0.4, -0.2) is 7.05 Å². The van der Waals surface area contributed by atoms with Gasteiger partial charge >= 0.3 is 6.18 Å². The first-order chi connectivity index (χ1) is 8.88. The van der Waals surface area contributed by atoms with Crippen LogP contribution in [0.3, 0.4) is 0 Å². The number of furan rings is 1. The van der Waals surface area contributed by atoms with E-state index < -0.39 is 11.7 Å². The van der Waals surface area contributed by atoms with Gasteiger partial charge in [-0.15, -0.1) is 0 Å². The van der Waals surface area contributed by atoms with Crippen LogP contribution in [0.15, 0.2) is 41.0 Å². The molecule has 0 spiro atoms. The first-order valence-corrected chi connectivity index (χ1v) is 5.58. The maximum atomic E-state index is 12.8. The SMILES string of the molecule is CN(Cc1ccco1)c1ccc(N)c(C(F)(F)F)c1. The second-order valence-electron chi connectivity index (χ2n) is 4.20. The Kier molecular flexibility index (Phi) is 3.42. The number of nitrogens with two attached hydrogens (primary N) is 1. The van der Waals surface area contributed by atoms with Crippen molar-refractivity contribution >= 4 is 11.4 Å². The van der Waals surface area contributed by atoms with Gasteiger partial charge in [-0.25, -0.2) is 0 Å². The number of halogens is 3. The summed E-state index contributed by atoms with van der Waals surface area (Å²) in [4.78, 5) is 1.66. The molecule has 3 nitrogen and oxygen atoms in total. The van der Waals surface area contributed by atoms with Crippen LogP contribution in [0.4, 0.5) is 24.5 Å². The molecule has 2 aromatic rings. The molecule has 1 aromatic heterocycles. The van der Waals surface area contributed by atoms with Gasteiger partial charge in [0, 0.05) is 18.4 Å². The molecule has 0 saturated carbocycles. The highest BCUT2D eigenvalue weighted by atomic mass is 19.4. The zero-order chi connectivity index (χ0) is 14.0. The van der Waals surface area contributed by atoms with Crippen molar-refractivity contribution in [2.75, 3.05) is 17.7 Å². The lowest BCUT2D eigenvalue weighted by Gasteiger charge is -2.20. The molecule has 0 aliphatic rings. The van der Waals surface area contributed by atoms with E-state index in [-0.39, 0.29) is 5.69 Å². The fourth-order valence-corrected chi connectivity index (χ4v) is 1.75. The summed E-state index contributed by atoms with van der Waals surface area (Å²) in [5.74, 6) is 0.674. The lowest BCUT2D eigenvalue weighted by molar-refractivity contribution is -0.136. The topological polar surface area (TPSA) is 42.4 Å². The highest BCUT2D eigenvalue weighted by Crippen LogP contribution is 2.35. The minimum Gasteiger partial charge on any atom is -0.467 e. The molecule has 2 rings (SSSR count). The standard InChI is InChI=1S/C13H13F3N2O/c1-18(8-10-3-2-6-19-10)9-4-5-12(17)11(7-9)13(14,15)16/h2-7H,8,17H2,1H3. The maximum absolute atomic E-state index is 12.8. The van der Waals surface area contributed by atoms with Crippen LogP contribution >= 0.6 is 0 Å². The van der Waals surface area contributed by atoms with E-state index in [1.165, 1.54) is 12.3 Å². The molecule has 0 saturated heterocycles. The minimum atomic E-state index is -4.45. The van der Waals surface area contributed by atoms with Gasteiger partial charge in [-0.2, -0.15) is 13.2 Å². The number of alkyl halides is 3. The van der Waals surface area contributed by atoms with Gasteiger partial charge in [0.15, 0.2) is 0 Å². The summed E-state index contributed by atoms with van der Waals surface area (Å²) in [6.45, 7) is 0.383. The molecule has 0 amide bonds. The summed E-state index contributed by atoms with van der Waals surface area (Å²) in [5, 5.41) is 0. The Balaban J connectivity index is 2.25. The van der Waals surface area contributed by atoms with Crippen LogP contribution in [0.25, 0.3) is 0 Å². The summed E-state index contributed by atoms with van der Waals surface area (Å²) in [7, 11) is 1.69. The minimum absolute atomic E-state index is 0.275. The van der Waals surface area contributed by atoms with E-state index in [0.29, 0.717) is 18.0 Å². The summed E-state index contributed by atoms with van der Waals surface area (Å²) >= 11 is 0. The molecule has 6 heteroatoms. The van der Waals surface area contributed by atoms with Crippen LogP contribution in [0.2, 0.25) is 0 Å². The van der Waals surface area contributed by atoms with Crippen molar-refractivity contribution in [3.8, 4) is 0 Å². The van der Waals surface area contributed by atoms with E-state index >= 15 is 0 Å². The number of hydrogen-bond donors (Lipinski definition) is 1. The predicted octanol–water partition coefficient (Wildman–Crippen LogP) is 3.52. The molecule has 19 heavy (non-hydrogen) atoms. The second-order valence-corrected chi connectivity index (χ2v) is 4.20. The lowest BCUT2D eigenvalue weighted by atomic mass is 10.1. The molecule has 2 N–H and O–H groups in total. The van der Waals surface area contributed by atoms with Crippen molar-refractivity contribution in [1.82, 2.24) is 0 Å². The summed E-state index contributed by atoms with van der Waals surface area (Å²) in [5.41, 5.74) is 4.69. The maximum Gasteiger partial charge on any atom is 0.418 e. The van der Waals surface area contributed by atoms with Crippen molar-refractivity contribution in [2.45, 2.75) is 12.7 Å². The van der Waals surface area contributed by atoms with E-state index in [1.807, 2.05) is 0 Å². The van der Waals surface area contributed by atoms with Crippen LogP contribution in [0, 0.1) is 0 Å². The quantitative estimate of drug-likeness (QED) is 0.868. The Morgan fingerprint density at radius 2 is 2.00 bits per heavy atom. The number of nitrogens with zero attached hydrogens (tertiary/aromatic N) is 1. The van der Waals surface area contributed by atoms with Crippen molar-refractivity contribution in [3.05, 3.63) is 47.9 Å². The van der Waals surface area contributed by atoms with E-state index in [9.17, 15) is 13.2 Å². The van der Waals surface area contributed by atoms with Gasteiger partial charge in [0.25, 0.3) is 0 Å². The number of anilines is 2. The smallest absolute Gasteiger partial charge is 0.418 e.